The van der Waals surface area contributed by atoms with Crippen molar-refractivity contribution in [2.24, 2.45) is 5.14 Å². The second-order valence-electron chi connectivity index (χ2n) is 9.23. The van der Waals surface area contributed by atoms with Gasteiger partial charge in [-0.25, -0.2) is 28.2 Å². The summed E-state index contributed by atoms with van der Waals surface area (Å²) < 4.78 is 27.4. The van der Waals surface area contributed by atoms with Crippen LogP contribution in [0.5, 0.6) is 0 Å². The average molecular weight is 538 g/mol. The van der Waals surface area contributed by atoms with Crippen LogP contribution in [-0.2, 0) is 10.0 Å². The van der Waals surface area contributed by atoms with Gasteiger partial charge < -0.3 is 5.73 Å². The number of primary sulfonamides is 1. The molecule has 194 valence electrons. The predicted octanol–water partition coefficient (Wildman–Crippen LogP) is 3.97. The van der Waals surface area contributed by atoms with Crippen LogP contribution in [0.2, 0.25) is 0 Å². The van der Waals surface area contributed by atoms with E-state index < -0.39 is 10.0 Å². The number of carbonyl (C=O) groups is 1. The van der Waals surface area contributed by atoms with Gasteiger partial charge in [0.25, 0.3) is 5.91 Å². The number of imidazole rings is 1. The minimum absolute atomic E-state index is 0.0159. The lowest BCUT2D eigenvalue weighted by Gasteiger charge is -2.11. The predicted molar refractivity (Wildman–Crippen MR) is 149 cm³/mol. The SMILES string of the molecule is Cc1cc(C(=O)n2c(C)nc3cc(-c4ccccc4S(N)(=O)=O)ccc32)n(-c2ccc3ccnc(N)c3c2)n1. The summed E-state index contributed by atoms with van der Waals surface area (Å²) in [5, 5.41) is 11.7. The number of nitrogen functional groups attached to an aromatic ring is 1. The Hall–Kier alpha value is -4.87. The van der Waals surface area contributed by atoms with E-state index in [4.69, 9.17) is 10.9 Å². The highest BCUT2D eigenvalue weighted by Crippen LogP contribution is 2.30. The molecule has 3 aromatic carbocycles. The number of fused-ring (bicyclic) bond motifs is 2. The highest BCUT2D eigenvalue weighted by Gasteiger charge is 2.23. The first-order valence-corrected chi connectivity index (χ1v) is 13.5. The lowest BCUT2D eigenvalue weighted by molar-refractivity contribution is 0.0954. The number of rotatable bonds is 4. The summed E-state index contributed by atoms with van der Waals surface area (Å²) in [4.78, 5) is 22.7. The standard InChI is InChI=1S/C28H23N7O3S/c1-16-13-25(35(33-16)20-9-7-18-11-12-31-27(29)22(18)15-20)28(36)34-17(2)32-23-14-19(8-10-24(23)34)21-5-3-4-6-26(21)39(30,37)38/h3-15H,1-2H3,(H2,29,31)(H2,30,37,38). The lowest BCUT2D eigenvalue weighted by atomic mass is 10.1. The molecule has 0 spiro atoms. The molecule has 39 heavy (non-hydrogen) atoms. The first kappa shape index (κ1) is 24.5. The minimum Gasteiger partial charge on any atom is -0.383 e. The van der Waals surface area contributed by atoms with E-state index in [1.165, 1.54) is 10.6 Å². The zero-order chi connectivity index (χ0) is 27.5. The zero-order valence-electron chi connectivity index (χ0n) is 21.0. The molecular weight excluding hydrogens is 514 g/mol. The molecule has 0 bridgehead atoms. The zero-order valence-corrected chi connectivity index (χ0v) is 21.8. The Morgan fingerprint density at radius 2 is 1.74 bits per heavy atom. The van der Waals surface area contributed by atoms with Gasteiger partial charge in [0.05, 0.1) is 27.3 Å². The van der Waals surface area contributed by atoms with Crippen LogP contribution >= 0.6 is 0 Å². The maximum atomic E-state index is 13.9. The number of pyridine rings is 1. The van der Waals surface area contributed by atoms with E-state index in [-0.39, 0.29) is 10.8 Å². The fraction of sp³-hybridized carbons (Fsp3) is 0.0714. The normalized spacial score (nSPS) is 11.9. The second kappa shape index (κ2) is 8.86. The quantitative estimate of drug-likeness (QED) is 0.345. The Bertz CT molecular complexity index is 2060. The Kier molecular flexibility index (Phi) is 5.56. The van der Waals surface area contributed by atoms with E-state index in [9.17, 15) is 13.2 Å². The van der Waals surface area contributed by atoms with Crippen molar-refractivity contribution in [3.63, 3.8) is 0 Å². The molecule has 0 aliphatic rings. The average Bonchev–Trinajstić information content (AvgIpc) is 3.46. The van der Waals surface area contributed by atoms with Gasteiger partial charge in [-0.15, -0.1) is 0 Å². The van der Waals surface area contributed by atoms with Gasteiger partial charge >= 0.3 is 0 Å². The van der Waals surface area contributed by atoms with Crippen molar-refractivity contribution >= 4 is 43.6 Å². The van der Waals surface area contributed by atoms with Crippen LogP contribution in [0.15, 0.2) is 83.9 Å². The summed E-state index contributed by atoms with van der Waals surface area (Å²) >= 11 is 0. The smallest absolute Gasteiger partial charge is 0.282 e. The molecule has 6 aromatic rings. The van der Waals surface area contributed by atoms with Crippen molar-refractivity contribution < 1.29 is 13.2 Å². The molecule has 6 rings (SSSR count). The van der Waals surface area contributed by atoms with Gasteiger partial charge in [-0.05, 0) is 67.3 Å². The van der Waals surface area contributed by atoms with Crippen molar-refractivity contribution in [3.05, 3.63) is 96.2 Å². The summed E-state index contributed by atoms with van der Waals surface area (Å²) in [5.41, 5.74) is 9.97. The fourth-order valence-electron chi connectivity index (χ4n) is 4.85. The number of sulfonamides is 1. The molecular formula is C28H23N7O3S. The summed E-state index contributed by atoms with van der Waals surface area (Å²) in [6, 6.07) is 21.0. The number of hydrogen-bond donors (Lipinski definition) is 2. The maximum absolute atomic E-state index is 13.9. The molecule has 0 amide bonds. The highest BCUT2D eigenvalue weighted by molar-refractivity contribution is 7.89. The number of carbonyl (C=O) groups excluding carboxylic acids is 1. The summed E-state index contributed by atoms with van der Waals surface area (Å²) in [6.45, 7) is 3.56. The van der Waals surface area contributed by atoms with Gasteiger partial charge in [0.15, 0.2) is 0 Å². The van der Waals surface area contributed by atoms with Crippen molar-refractivity contribution in [1.29, 1.82) is 0 Å². The van der Waals surface area contributed by atoms with Crippen molar-refractivity contribution in [1.82, 2.24) is 24.3 Å². The fourth-order valence-corrected chi connectivity index (χ4v) is 5.61. The van der Waals surface area contributed by atoms with Crippen molar-refractivity contribution in [3.8, 4) is 16.8 Å². The first-order chi connectivity index (χ1) is 18.6. The van der Waals surface area contributed by atoms with Crippen LogP contribution in [0.4, 0.5) is 5.82 Å². The van der Waals surface area contributed by atoms with Gasteiger partial charge in [0, 0.05) is 17.1 Å². The molecule has 0 fully saturated rings. The molecule has 0 atom stereocenters. The van der Waals surface area contributed by atoms with Gasteiger partial charge in [-0.1, -0.05) is 30.3 Å². The van der Waals surface area contributed by atoms with E-state index in [2.05, 4.69) is 15.1 Å². The Labute approximate surface area is 223 Å². The Balaban J connectivity index is 1.46. The number of aryl methyl sites for hydroxylation is 2. The van der Waals surface area contributed by atoms with Crippen LogP contribution in [0.1, 0.15) is 22.0 Å². The minimum atomic E-state index is -3.93. The van der Waals surface area contributed by atoms with Crippen LogP contribution in [0.25, 0.3) is 38.6 Å². The molecule has 4 N–H and O–H groups in total. The van der Waals surface area contributed by atoms with Crippen molar-refractivity contribution in [2.45, 2.75) is 18.7 Å². The molecule has 0 radical (unpaired) electrons. The van der Waals surface area contributed by atoms with Crippen LogP contribution in [0, 0.1) is 13.8 Å². The van der Waals surface area contributed by atoms with Crippen LogP contribution in [-0.4, -0.2) is 38.6 Å². The largest absolute Gasteiger partial charge is 0.383 e. The monoisotopic (exact) mass is 537 g/mol. The second-order valence-corrected chi connectivity index (χ2v) is 10.8. The highest BCUT2D eigenvalue weighted by atomic mass is 32.2. The summed E-state index contributed by atoms with van der Waals surface area (Å²) in [6.07, 6.45) is 1.65. The summed E-state index contributed by atoms with van der Waals surface area (Å²) in [7, 11) is -3.93. The van der Waals surface area contributed by atoms with Crippen molar-refractivity contribution in [2.75, 3.05) is 5.73 Å². The third-order valence-electron chi connectivity index (χ3n) is 6.61. The summed E-state index contributed by atoms with van der Waals surface area (Å²) in [5.74, 6) is 0.555. The van der Waals surface area contributed by atoms with Gasteiger partial charge in [0.1, 0.15) is 17.3 Å². The van der Waals surface area contributed by atoms with Gasteiger partial charge in [-0.2, -0.15) is 5.10 Å². The molecule has 3 heterocycles. The Morgan fingerprint density at radius 3 is 2.54 bits per heavy atom. The molecule has 0 aliphatic heterocycles. The molecule has 11 heteroatoms. The lowest BCUT2D eigenvalue weighted by Crippen LogP contribution is -2.18. The number of nitrogens with zero attached hydrogens (tertiary/aromatic N) is 5. The molecule has 0 saturated carbocycles. The van der Waals surface area contributed by atoms with E-state index >= 15 is 0 Å². The molecule has 10 nitrogen and oxygen atoms in total. The van der Waals surface area contributed by atoms with E-state index in [0.29, 0.717) is 50.9 Å². The molecule has 0 unspecified atom stereocenters. The third-order valence-corrected chi connectivity index (χ3v) is 7.57. The molecule has 0 aliphatic carbocycles. The number of aromatic nitrogens is 5. The molecule has 3 aromatic heterocycles. The van der Waals surface area contributed by atoms with Gasteiger partial charge in [0.2, 0.25) is 10.0 Å². The number of benzene rings is 3. The Morgan fingerprint density at radius 1 is 0.949 bits per heavy atom. The molecule has 0 saturated heterocycles. The number of nitrogens with two attached hydrogens (primary N) is 2. The first-order valence-electron chi connectivity index (χ1n) is 12.0. The topological polar surface area (TPSA) is 152 Å². The van der Waals surface area contributed by atoms with Gasteiger partial charge in [-0.3, -0.25) is 9.36 Å². The number of hydrogen-bond acceptors (Lipinski definition) is 7. The van der Waals surface area contributed by atoms with Crippen LogP contribution < -0.4 is 10.9 Å². The third kappa shape index (κ3) is 4.13. The number of anilines is 1. The van der Waals surface area contributed by atoms with E-state index in [0.717, 1.165) is 10.8 Å². The van der Waals surface area contributed by atoms with E-state index in [1.807, 2.05) is 31.2 Å². The van der Waals surface area contributed by atoms with E-state index in [1.54, 1.807) is 60.3 Å². The van der Waals surface area contributed by atoms with Crippen LogP contribution in [0.3, 0.4) is 0 Å². The maximum Gasteiger partial charge on any atom is 0.282 e.